The molecule has 2 rings (SSSR count). The van der Waals surface area contributed by atoms with Crippen LogP contribution in [0, 0.1) is 0 Å². The van der Waals surface area contributed by atoms with Crippen molar-refractivity contribution in [1.29, 1.82) is 0 Å². The average molecular weight is 254 g/mol. The van der Waals surface area contributed by atoms with Gasteiger partial charge in [0.15, 0.2) is 0 Å². The molecule has 2 saturated carbocycles. The van der Waals surface area contributed by atoms with Crippen LogP contribution >= 0.6 is 0 Å². The van der Waals surface area contributed by atoms with E-state index in [4.69, 9.17) is 4.74 Å². The Balaban J connectivity index is 1.53. The normalized spacial score (nSPS) is 21.4. The molecule has 2 fully saturated rings. The monoisotopic (exact) mass is 254 g/mol. The van der Waals surface area contributed by atoms with Crippen molar-refractivity contribution in [2.75, 3.05) is 20.2 Å². The molecule has 0 bridgehead atoms. The number of amides is 2. The van der Waals surface area contributed by atoms with Gasteiger partial charge in [-0.1, -0.05) is 25.7 Å². The van der Waals surface area contributed by atoms with Gasteiger partial charge in [0.1, 0.15) is 0 Å². The van der Waals surface area contributed by atoms with Gasteiger partial charge in [-0.25, -0.2) is 4.79 Å². The molecule has 0 radical (unpaired) electrons. The lowest BCUT2D eigenvalue weighted by Gasteiger charge is -2.18. The molecule has 4 heteroatoms. The minimum Gasteiger partial charge on any atom is -0.376 e. The Labute approximate surface area is 110 Å². The van der Waals surface area contributed by atoms with Gasteiger partial charge in [-0.15, -0.1) is 0 Å². The van der Waals surface area contributed by atoms with Crippen LogP contribution < -0.4 is 5.32 Å². The Morgan fingerprint density at radius 1 is 1.17 bits per heavy atom. The molecule has 0 aromatic rings. The lowest BCUT2D eigenvalue weighted by molar-refractivity contribution is 0.0455. The summed E-state index contributed by atoms with van der Waals surface area (Å²) in [5.74, 6) is 0. The van der Waals surface area contributed by atoms with Crippen LogP contribution in [0.15, 0.2) is 0 Å². The molecule has 0 unspecified atom stereocenters. The molecule has 1 N–H and O–H groups in total. The van der Waals surface area contributed by atoms with Crippen molar-refractivity contribution < 1.29 is 9.53 Å². The molecule has 2 amide bonds. The van der Waals surface area contributed by atoms with Gasteiger partial charge in [0.25, 0.3) is 0 Å². The second-order valence-corrected chi connectivity index (χ2v) is 5.56. The zero-order valence-electron chi connectivity index (χ0n) is 11.5. The second kappa shape index (κ2) is 6.98. The van der Waals surface area contributed by atoms with E-state index in [1.807, 2.05) is 11.9 Å². The van der Waals surface area contributed by atoms with Crippen molar-refractivity contribution >= 4 is 6.03 Å². The summed E-state index contributed by atoms with van der Waals surface area (Å²) >= 11 is 0. The van der Waals surface area contributed by atoms with Crippen LogP contribution in [0.3, 0.4) is 0 Å². The summed E-state index contributed by atoms with van der Waals surface area (Å²) in [5, 5.41) is 2.92. The molecule has 104 valence electrons. The average Bonchev–Trinajstić information content (AvgIpc) is 3.19. The standard InChI is InChI=1S/C14H26N2O2/c1-16(12-8-9-12)14(17)15-10-11-18-13-6-4-2-3-5-7-13/h12-13H,2-11H2,1H3,(H,15,17). The molecule has 0 aliphatic heterocycles. The highest BCUT2D eigenvalue weighted by molar-refractivity contribution is 5.74. The van der Waals surface area contributed by atoms with Crippen molar-refractivity contribution in [2.45, 2.75) is 63.5 Å². The Morgan fingerprint density at radius 2 is 1.83 bits per heavy atom. The van der Waals surface area contributed by atoms with Crippen molar-refractivity contribution in [2.24, 2.45) is 0 Å². The van der Waals surface area contributed by atoms with E-state index in [1.165, 1.54) is 38.5 Å². The summed E-state index contributed by atoms with van der Waals surface area (Å²) in [6, 6.07) is 0.523. The SMILES string of the molecule is CN(C(=O)NCCOC1CCCCCC1)C1CC1. The number of nitrogens with zero attached hydrogens (tertiary/aromatic N) is 1. The molecule has 0 heterocycles. The maximum atomic E-state index is 11.7. The Morgan fingerprint density at radius 3 is 2.44 bits per heavy atom. The number of hydrogen-bond acceptors (Lipinski definition) is 2. The van der Waals surface area contributed by atoms with Gasteiger partial charge >= 0.3 is 6.03 Å². The number of carbonyl (C=O) groups is 1. The van der Waals surface area contributed by atoms with Crippen LogP contribution in [-0.4, -0.2) is 43.3 Å². The fourth-order valence-electron chi connectivity index (χ4n) is 2.54. The summed E-state index contributed by atoms with van der Waals surface area (Å²) in [6.45, 7) is 1.28. The molecule has 0 atom stereocenters. The number of ether oxygens (including phenoxy) is 1. The number of carbonyl (C=O) groups excluding carboxylic acids is 1. The van der Waals surface area contributed by atoms with Gasteiger partial charge in [0.05, 0.1) is 12.7 Å². The highest BCUT2D eigenvalue weighted by atomic mass is 16.5. The van der Waals surface area contributed by atoms with Gasteiger partial charge < -0.3 is 15.0 Å². The Hall–Kier alpha value is -0.770. The number of urea groups is 1. The Bertz CT molecular complexity index is 259. The van der Waals surface area contributed by atoms with Crippen molar-refractivity contribution in [3.05, 3.63) is 0 Å². The molecule has 0 spiro atoms. The molecular weight excluding hydrogens is 228 g/mol. The topological polar surface area (TPSA) is 41.6 Å². The van der Waals surface area contributed by atoms with Crippen LogP contribution in [0.5, 0.6) is 0 Å². The van der Waals surface area contributed by atoms with Gasteiger partial charge in [0.2, 0.25) is 0 Å². The fourth-order valence-corrected chi connectivity index (χ4v) is 2.54. The minimum absolute atomic E-state index is 0.0435. The van der Waals surface area contributed by atoms with E-state index in [9.17, 15) is 4.79 Å². The van der Waals surface area contributed by atoms with Crippen molar-refractivity contribution in [3.8, 4) is 0 Å². The van der Waals surface area contributed by atoms with E-state index in [-0.39, 0.29) is 6.03 Å². The third kappa shape index (κ3) is 4.48. The zero-order valence-corrected chi connectivity index (χ0v) is 11.5. The first kappa shape index (κ1) is 13.7. The molecule has 18 heavy (non-hydrogen) atoms. The number of rotatable bonds is 5. The van der Waals surface area contributed by atoms with E-state index in [2.05, 4.69) is 5.32 Å². The first-order valence-corrected chi connectivity index (χ1v) is 7.39. The molecule has 0 aromatic heterocycles. The molecular formula is C14H26N2O2. The quantitative estimate of drug-likeness (QED) is 0.605. The highest BCUT2D eigenvalue weighted by Gasteiger charge is 2.29. The molecule has 2 aliphatic rings. The van der Waals surface area contributed by atoms with E-state index in [1.54, 1.807) is 0 Å². The second-order valence-electron chi connectivity index (χ2n) is 5.56. The summed E-state index contributed by atoms with van der Waals surface area (Å²) < 4.78 is 5.84. The lowest BCUT2D eigenvalue weighted by Crippen LogP contribution is -2.40. The smallest absolute Gasteiger partial charge is 0.317 e. The Kier molecular flexibility index (Phi) is 5.29. The maximum absolute atomic E-state index is 11.7. The first-order chi connectivity index (χ1) is 8.77. The number of nitrogens with one attached hydrogen (secondary N) is 1. The van der Waals surface area contributed by atoms with E-state index in [0.717, 1.165) is 12.8 Å². The van der Waals surface area contributed by atoms with Gasteiger partial charge in [-0.3, -0.25) is 0 Å². The summed E-state index contributed by atoms with van der Waals surface area (Å²) in [5.41, 5.74) is 0. The van der Waals surface area contributed by atoms with Gasteiger partial charge in [-0.2, -0.15) is 0 Å². The third-order valence-electron chi connectivity index (χ3n) is 3.95. The van der Waals surface area contributed by atoms with E-state index < -0.39 is 0 Å². The molecule has 0 aromatic carbocycles. The highest BCUT2D eigenvalue weighted by Crippen LogP contribution is 2.25. The van der Waals surface area contributed by atoms with Crippen molar-refractivity contribution in [3.63, 3.8) is 0 Å². The van der Waals surface area contributed by atoms with Crippen LogP contribution in [-0.2, 0) is 4.74 Å². The largest absolute Gasteiger partial charge is 0.376 e. The lowest BCUT2D eigenvalue weighted by atomic mass is 10.1. The molecule has 4 nitrogen and oxygen atoms in total. The third-order valence-corrected chi connectivity index (χ3v) is 3.95. The van der Waals surface area contributed by atoms with Gasteiger partial charge in [0, 0.05) is 19.6 Å². The molecule has 2 aliphatic carbocycles. The van der Waals surface area contributed by atoms with E-state index >= 15 is 0 Å². The van der Waals surface area contributed by atoms with Crippen LogP contribution in [0.25, 0.3) is 0 Å². The van der Waals surface area contributed by atoms with E-state index in [0.29, 0.717) is 25.3 Å². The fraction of sp³-hybridized carbons (Fsp3) is 0.929. The number of hydrogen-bond donors (Lipinski definition) is 1. The predicted molar refractivity (Wildman–Crippen MR) is 71.6 cm³/mol. The van der Waals surface area contributed by atoms with Crippen LogP contribution in [0.4, 0.5) is 4.79 Å². The summed E-state index contributed by atoms with van der Waals surface area (Å²) in [6.07, 6.45) is 10.4. The first-order valence-electron chi connectivity index (χ1n) is 7.39. The summed E-state index contributed by atoms with van der Waals surface area (Å²) in [4.78, 5) is 13.5. The predicted octanol–water partition coefficient (Wildman–Crippen LogP) is 2.53. The van der Waals surface area contributed by atoms with Crippen LogP contribution in [0.1, 0.15) is 51.4 Å². The van der Waals surface area contributed by atoms with Gasteiger partial charge in [-0.05, 0) is 25.7 Å². The van der Waals surface area contributed by atoms with Crippen LogP contribution in [0.2, 0.25) is 0 Å². The summed E-state index contributed by atoms with van der Waals surface area (Å²) in [7, 11) is 1.87. The molecule has 0 saturated heterocycles. The minimum atomic E-state index is 0.0435. The van der Waals surface area contributed by atoms with Crippen molar-refractivity contribution in [1.82, 2.24) is 10.2 Å². The maximum Gasteiger partial charge on any atom is 0.317 e. The zero-order chi connectivity index (χ0) is 12.8.